The summed E-state index contributed by atoms with van der Waals surface area (Å²) in [5.41, 5.74) is 8.03. The zero-order chi connectivity index (χ0) is 15.4. The number of nitrogens with one attached hydrogen (secondary N) is 1. The molecule has 1 aromatic heterocycles. The minimum absolute atomic E-state index is 0.0515. The minimum Gasteiger partial charge on any atom is -0.397 e. The lowest BCUT2D eigenvalue weighted by Gasteiger charge is -2.15. The van der Waals surface area contributed by atoms with Gasteiger partial charge in [-0.05, 0) is 18.2 Å². The number of nitrogen functional groups attached to an aromatic ring is 1. The molecule has 0 saturated carbocycles. The van der Waals surface area contributed by atoms with Crippen molar-refractivity contribution in [2.75, 3.05) is 31.7 Å². The number of hydrogen-bond acceptors (Lipinski definition) is 5. The first-order chi connectivity index (χ1) is 9.99. The zero-order valence-corrected chi connectivity index (χ0v) is 13.3. The molecule has 5 nitrogen and oxygen atoms in total. The minimum atomic E-state index is -0.0515. The van der Waals surface area contributed by atoms with Crippen LogP contribution in [0.15, 0.2) is 29.8 Å². The van der Waals surface area contributed by atoms with Crippen molar-refractivity contribution in [1.29, 1.82) is 0 Å². The van der Waals surface area contributed by atoms with E-state index in [4.69, 9.17) is 5.73 Å². The predicted octanol–water partition coefficient (Wildman–Crippen LogP) is 2.64. The number of rotatable bonds is 5. The Labute approximate surface area is 128 Å². The van der Waals surface area contributed by atoms with Crippen molar-refractivity contribution in [3.8, 4) is 0 Å². The van der Waals surface area contributed by atoms with E-state index in [0.29, 0.717) is 17.2 Å². The Kier molecular flexibility index (Phi) is 4.80. The van der Waals surface area contributed by atoms with E-state index in [-0.39, 0.29) is 5.91 Å². The molecule has 1 atom stereocenters. The van der Waals surface area contributed by atoms with Crippen molar-refractivity contribution in [1.82, 2.24) is 9.88 Å². The lowest BCUT2D eigenvalue weighted by atomic mass is 10.1. The molecule has 0 spiro atoms. The van der Waals surface area contributed by atoms with E-state index in [1.165, 1.54) is 4.90 Å². The Morgan fingerprint density at radius 3 is 2.81 bits per heavy atom. The van der Waals surface area contributed by atoms with E-state index in [9.17, 15) is 4.79 Å². The molecule has 0 aliphatic rings. The van der Waals surface area contributed by atoms with Crippen LogP contribution in [0.5, 0.6) is 0 Å². The van der Waals surface area contributed by atoms with Crippen LogP contribution in [0, 0.1) is 0 Å². The molecule has 0 aliphatic heterocycles. The number of carbonyl (C=O) groups is 1. The van der Waals surface area contributed by atoms with Gasteiger partial charge in [-0.2, -0.15) is 0 Å². The summed E-state index contributed by atoms with van der Waals surface area (Å²) in [5.74, 6) is 0.261. The average molecular weight is 304 g/mol. The highest BCUT2D eigenvalue weighted by atomic mass is 32.1. The van der Waals surface area contributed by atoms with Gasteiger partial charge in [0.25, 0.3) is 5.91 Å². The van der Waals surface area contributed by atoms with Gasteiger partial charge in [0.1, 0.15) is 0 Å². The number of hydrogen-bond donors (Lipinski definition) is 2. The summed E-state index contributed by atoms with van der Waals surface area (Å²) in [6, 6.07) is 5.34. The van der Waals surface area contributed by atoms with Crippen LogP contribution in [0.1, 0.15) is 28.2 Å². The zero-order valence-electron chi connectivity index (χ0n) is 12.5. The normalized spacial score (nSPS) is 12.0. The molecule has 6 heteroatoms. The van der Waals surface area contributed by atoms with Crippen LogP contribution in [0.25, 0.3) is 0 Å². The van der Waals surface area contributed by atoms with Crippen LogP contribution in [0.2, 0.25) is 0 Å². The van der Waals surface area contributed by atoms with Crippen molar-refractivity contribution in [2.24, 2.45) is 0 Å². The molecule has 21 heavy (non-hydrogen) atoms. The summed E-state index contributed by atoms with van der Waals surface area (Å²) in [7, 11) is 3.45. The average Bonchev–Trinajstić information content (AvgIpc) is 2.99. The first-order valence-electron chi connectivity index (χ1n) is 6.73. The third-order valence-electron chi connectivity index (χ3n) is 3.18. The van der Waals surface area contributed by atoms with Crippen molar-refractivity contribution in [3.05, 3.63) is 40.3 Å². The molecule has 2 rings (SSSR count). The third kappa shape index (κ3) is 3.72. The fraction of sp³-hybridized carbons (Fsp3) is 0.333. The van der Waals surface area contributed by atoms with Gasteiger partial charge < -0.3 is 16.0 Å². The number of aromatic nitrogens is 1. The number of thiazole rings is 1. The molecule has 0 bridgehead atoms. The first kappa shape index (κ1) is 15.3. The molecule has 0 saturated heterocycles. The smallest absolute Gasteiger partial charge is 0.253 e. The monoisotopic (exact) mass is 304 g/mol. The summed E-state index contributed by atoms with van der Waals surface area (Å²) in [6.45, 7) is 2.87. The largest absolute Gasteiger partial charge is 0.397 e. The molecular formula is C15H20N4OS. The lowest BCUT2D eigenvalue weighted by molar-refractivity contribution is 0.0827. The second kappa shape index (κ2) is 6.58. The van der Waals surface area contributed by atoms with Crippen LogP contribution in [0.4, 0.5) is 11.4 Å². The Hall–Kier alpha value is -2.08. The maximum atomic E-state index is 11.9. The molecule has 0 radical (unpaired) electrons. The van der Waals surface area contributed by atoms with E-state index in [1.807, 2.05) is 17.6 Å². The van der Waals surface area contributed by atoms with Gasteiger partial charge >= 0.3 is 0 Å². The molecule has 3 N–H and O–H groups in total. The summed E-state index contributed by atoms with van der Waals surface area (Å²) in [5, 5.41) is 6.38. The van der Waals surface area contributed by atoms with Gasteiger partial charge in [-0.3, -0.25) is 4.79 Å². The molecule has 2 aromatic rings. The topological polar surface area (TPSA) is 71.2 Å². The summed E-state index contributed by atoms with van der Waals surface area (Å²) in [4.78, 5) is 17.7. The van der Waals surface area contributed by atoms with Crippen molar-refractivity contribution < 1.29 is 4.79 Å². The molecular weight excluding hydrogens is 284 g/mol. The highest BCUT2D eigenvalue weighted by molar-refractivity contribution is 7.09. The molecule has 0 aliphatic carbocycles. The fourth-order valence-corrected chi connectivity index (χ4v) is 2.64. The Morgan fingerprint density at radius 2 is 2.24 bits per heavy atom. The highest BCUT2D eigenvalue weighted by Crippen LogP contribution is 2.23. The standard InChI is InChI=1S/C15H20N4OS/c1-10(14-17-6-7-21-14)9-18-13-5-4-11(8-12(13)16)15(20)19(2)3/h4-8,10,18H,9,16H2,1-3H3. The van der Waals surface area contributed by atoms with Crippen molar-refractivity contribution in [3.63, 3.8) is 0 Å². The fourth-order valence-electron chi connectivity index (χ4n) is 1.94. The molecule has 1 heterocycles. The van der Waals surface area contributed by atoms with Crippen LogP contribution in [-0.4, -0.2) is 36.4 Å². The maximum absolute atomic E-state index is 11.9. The van der Waals surface area contributed by atoms with Crippen LogP contribution < -0.4 is 11.1 Å². The Bertz CT molecular complexity index is 610. The van der Waals surface area contributed by atoms with E-state index in [2.05, 4.69) is 17.2 Å². The summed E-state index contributed by atoms with van der Waals surface area (Å²) >= 11 is 1.65. The first-order valence-corrected chi connectivity index (χ1v) is 7.61. The Balaban J connectivity index is 2.03. The molecule has 1 amide bonds. The van der Waals surface area contributed by atoms with Crippen LogP contribution >= 0.6 is 11.3 Å². The van der Waals surface area contributed by atoms with Gasteiger partial charge in [0.15, 0.2) is 0 Å². The maximum Gasteiger partial charge on any atom is 0.253 e. The van der Waals surface area contributed by atoms with Gasteiger partial charge in [0, 0.05) is 43.7 Å². The number of benzene rings is 1. The van der Waals surface area contributed by atoms with Crippen molar-refractivity contribution >= 4 is 28.6 Å². The molecule has 112 valence electrons. The van der Waals surface area contributed by atoms with Crippen LogP contribution in [0.3, 0.4) is 0 Å². The number of carbonyl (C=O) groups excluding carboxylic acids is 1. The van der Waals surface area contributed by atoms with E-state index >= 15 is 0 Å². The number of nitrogens with zero attached hydrogens (tertiary/aromatic N) is 2. The number of amides is 1. The second-order valence-electron chi connectivity index (χ2n) is 5.15. The van der Waals surface area contributed by atoms with Crippen molar-refractivity contribution in [2.45, 2.75) is 12.8 Å². The van der Waals surface area contributed by atoms with Gasteiger partial charge in [-0.25, -0.2) is 4.98 Å². The van der Waals surface area contributed by atoms with Gasteiger partial charge in [-0.15, -0.1) is 11.3 Å². The van der Waals surface area contributed by atoms with Gasteiger partial charge in [-0.1, -0.05) is 6.92 Å². The van der Waals surface area contributed by atoms with E-state index in [0.717, 1.165) is 17.2 Å². The molecule has 0 fully saturated rings. The second-order valence-corrected chi connectivity index (χ2v) is 6.08. The van der Waals surface area contributed by atoms with Crippen LogP contribution in [-0.2, 0) is 0 Å². The summed E-state index contributed by atoms with van der Waals surface area (Å²) in [6.07, 6.45) is 1.81. The number of nitrogens with two attached hydrogens (primary N) is 1. The van der Waals surface area contributed by atoms with Gasteiger partial charge in [0.2, 0.25) is 0 Å². The number of anilines is 2. The predicted molar refractivity (Wildman–Crippen MR) is 87.9 cm³/mol. The SMILES string of the molecule is CC(CNc1ccc(C(=O)N(C)C)cc1N)c1nccs1. The summed E-state index contributed by atoms with van der Waals surface area (Å²) < 4.78 is 0. The quantitative estimate of drug-likeness (QED) is 0.833. The van der Waals surface area contributed by atoms with E-state index < -0.39 is 0 Å². The third-order valence-corrected chi connectivity index (χ3v) is 4.18. The lowest BCUT2D eigenvalue weighted by Crippen LogP contribution is -2.21. The Morgan fingerprint density at radius 1 is 1.48 bits per heavy atom. The van der Waals surface area contributed by atoms with Gasteiger partial charge in [0.05, 0.1) is 16.4 Å². The molecule has 1 aromatic carbocycles. The highest BCUT2D eigenvalue weighted by Gasteiger charge is 2.11. The van der Waals surface area contributed by atoms with E-state index in [1.54, 1.807) is 37.6 Å². The molecule has 1 unspecified atom stereocenters.